The summed E-state index contributed by atoms with van der Waals surface area (Å²) in [5, 5.41) is 28.3. The fraction of sp³-hybridized carbons (Fsp3) is 0.174. The monoisotopic (exact) mass is 443 g/mol. The van der Waals surface area contributed by atoms with Gasteiger partial charge in [0.05, 0.1) is 34.8 Å². The molecule has 3 aromatic heterocycles. The number of hydrogen-bond donors (Lipinski definition) is 3. The van der Waals surface area contributed by atoms with E-state index in [0.29, 0.717) is 5.65 Å². The van der Waals surface area contributed by atoms with E-state index in [2.05, 4.69) is 26.8 Å². The number of nitrogens with one attached hydrogen (secondary N) is 2. The first kappa shape index (κ1) is 21.7. The molecule has 3 N–H and O–H groups in total. The fourth-order valence-electron chi connectivity index (χ4n) is 3.36. The van der Waals surface area contributed by atoms with Crippen LogP contribution in [0.4, 0.5) is 5.69 Å². The second-order valence-electron chi connectivity index (χ2n) is 7.51. The average molecular weight is 443 g/mol. The maximum atomic E-state index is 13.1. The number of carbonyl (C=O) groups excluding carboxylic acids is 2. The molecule has 0 saturated carbocycles. The number of aliphatic hydroxyl groups excluding tert-OH is 1. The number of aliphatic hydroxyl groups is 1. The quantitative estimate of drug-likeness (QED) is 0.417. The molecule has 0 saturated heterocycles. The zero-order valence-corrected chi connectivity index (χ0v) is 18.0. The zero-order chi connectivity index (χ0) is 23.5. The van der Waals surface area contributed by atoms with Crippen molar-refractivity contribution in [1.82, 2.24) is 24.5 Å². The lowest BCUT2D eigenvalue weighted by atomic mass is 10.2. The van der Waals surface area contributed by atoms with Gasteiger partial charge in [-0.05, 0) is 6.92 Å². The number of amides is 2. The highest BCUT2D eigenvalue weighted by molar-refractivity contribution is 6.11. The second-order valence-corrected chi connectivity index (χ2v) is 7.51. The van der Waals surface area contributed by atoms with Gasteiger partial charge in [-0.1, -0.05) is 30.3 Å². The molecule has 0 aliphatic carbocycles. The van der Waals surface area contributed by atoms with Crippen LogP contribution in [0.5, 0.6) is 0 Å². The Kier molecular flexibility index (Phi) is 5.89. The van der Waals surface area contributed by atoms with Gasteiger partial charge < -0.3 is 20.1 Å². The van der Waals surface area contributed by atoms with Gasteiger partial charge in [0.25, 0.3) is 11.8 Å². The largest absolute Gasteiger partial charge is 0.392 e. The van der Waals surface area contributed by atoms with E-state index in [1.54, 1.807) is 16.7 Å². The molecule has 0 aliphatic rings. The van der Waals surface area contributed by atoms with Crippen molar-refractivity contribution in [2.75, 3.05) is 11.9 Å². The Balaban J connectivity index is 1.65. The highest BCUT2D eigenvalue weighted by Gasteiger charge is 2.23. The van der Waals surface area contributed by atoms with Crippen molar-refractivity contribution in [3.05, 3.63) is 71.8 Å². The standard InChI is InChI=1S/C23H21N7O3/c1-14(31)10-25-22(32)17-11-26-29(2)21(17)23(33)28-18-8-20-27-19(15-6-4-3-5-7-15)13-30(20)12-16(18)9-24/h3-8,11-14,31H,10H2,1-2H3,(H,25,32)(H,28,33). The van der Waals surface area contributed by atoms with Crippen molar-refractivity contribution >= 4 is 23.1 Å². The summed E-state index contributed by atoms with van der Waals surface area (Å²) >= 11 is 0. The number of fused-ring (bicyclic) bond motifs is 1. The third kappa shape index (κ3) is 4.44. The summed E-state index contributed by atoms with van der Waals surface area (Å²) in [5.41, 5.74) is 2.77. The van der Waals surface area contributed by atoms with Gasteiger partial charge in [-0.25, -0.2) is 4.98 Å². The van der Waals surface area contributed by atoms with Gasteiger partial charge in [0.2, 0.25) is 0 Å². The fourth-order valence-corrected chi connectivity index (χ4v) is 3.36. The van der Waals surface area contributed by atoms with Crippen LogP contribution in [0.15, 0.2) is 55.0 Å². The Morgan fingerprint density at radius 1 is 1.21 bits per heavy atom. The van der Waals surface area contributed by atoms with E-state index >= 15 is 0 Å². The van der Waals surface area contributed by atoms with Gasteiger partial charge in [0, 0.05) is 37.6 Å². The molecule has 0 aliphatic heterocycles. The van der Waals surface area contributed by atoms with Crippen LogP contribution in [0.3, 0.4) is 0 Å². The lowest BCUT2D eigenvalue weighted by molar-refractivity contribution is 0.0913. The summed E-state index contributed by atoms with van der Waals surface area (Å²) in [5.74, 6) is -1.14. The molecule has 0 fully saturated rings. The SMILES string of the molecule is CC(O)CNC(=O)c1cnn(C)c1C(=O)Nc1cc2nc(-c3ccccc3)cn2cc1C#N. The lowest BCUT2D eigenvalue weighted by Gasteiger charge is -2.10. The summed E-state index contributed by atoms with van der Waals surface area (Å²) < 4.78 is 3.00. The number of anilines is 1. The van der Waals surface area contributed by atoms with Gasteiger partial charge >= 0.3 is 0 Å². The molecule has 4 aromatic rings. The molecule has 4 rings (SSSR count). The van der Waals surface area contributed by atoms with Crippen molar-refractivity contribution < 1.29 is 14.7 Å². The van der Waals surface area contributed by atoms with Crippen LogP contribution in [0.2, 0.25) is 0 Å². The molecule has 1 aromatic carbocycles. The number of benzene rings is 1. The Morgan fingerprint density at radius 2 is 1.97 bits per heavy atom. The van der Waals surface area contributed by atoms with E-state index in [1.165, 1.54) is 24.9 Å². The van der Waals surface area contributed by atoms with E-state index < -0.39 is 17.9 Å². The molecule has 166 valence electrons. The highest BCUT2D eigenvalue weighted by Crippen LogP contribution is 2.24. The van der Waals surface area contributed by atoms with Crippen molar-refractivity contribution in [2.45, 2.75) is 13.0 Å². The Morgan fingerprint density at radius 3 is 2.67 bits per heavy atom. The molecular weight excluding hydrogens is 422 g/mol. The smallest absolute Gasteiger partial charge is 0.274 e. The number of carbonyl (C=O) groups is 2. The Labute approximate surface area is 189 Å². The molecule has 0 bridgehead atoms. The first-order valence-corrected chi connectivity index (χ1v) is 10.1. The van der Waals surface area contributed by atoms with Crippen molar-refractivity contribution in [3.63, 3.8) is 0 Å². The molecule has 33 heavy (non-hydrogen) atoms. The minimum Gasteiger partial charge on any atom is -0.392 e. The normalized spacial score (nSPS) is 11.7. The van der Waals surface area contributed by atoms with E-state index in [9.17, 15) is 20.0 Å². The number of nitriles is 1. The molecule has 10 nitrogen and oxygen atoms in total. The number of pyridine rings is 1. The summed E-state index contributed by atoms with van der Waals surface area (Å²) in [6.45, 7) is 1.57. The molecule has 2 amide bonds. The molecule has 0 radical (unpaired) electrons. The topological polar surface area (TPSA) is 137 Å². The van der Waals surface area contributed by atoms with Crippen molar-refractivity contribution in [2.24, 2.45) is 7.05 Å². The third-order valence-corrected chi connectivity index (χ3v) is 4.99. The molecular formula is C23H21N7O3. The highest BCUT2D eigenvalue weighted by atomic mass is 16.3. The maximum absolute atomic E-state index is 13.1. The van der Waals surface area contributed by atoms with Gasteiger partial charge in [0.1, 0.15) is 17.4 Å². The van der Waals surface area contributed by atoms with Gasteiger partial charge in [-0.15, -0.1) is 0 Å². The van der Waals surface area contributed by atoms with Crippen LogP contribution in [-0.2, 0) is 7.05 Å². The Hall–Kier alpha value is -4.49. The Bertz CT molecular complexity index is 1380. The van der Waals surface area contributed by atoms with E-state index in [0.717, 1.165) is 11.3 Å². The minimum atomic E-state index is -0.733. The molecule has 3 heterocycles. The zero-order valence-electron chi connectivity index (χ0n) is 18.0. The average Bonchev–Trinajstić information content (AvgIpc) is 3.40. The molecule has 1 atom stereocenters. The van der Waals surface area contributed by atoms with Crippen LogP contribution in [0, 0.1) is 11.3 Å². The minimum absolute atomic E-state index is 0.0233. The first-order chi connectivity index (χ1) is 15.9. The number of rotatable bonds is 6. The second kappa shape index (κ2) is 8.94. The van der Waals surface area contributed by atoms with Crippen LogP contribution in [-0.4, -0.2) is 48.7 Å². The number of imidazole rings is 1. The van der Waals surface area contributed by atoms with Crippen LogP contribution < -0.4 is 10.6 Å². The lowest BCUT2D eigenvalue weighted by Crippen LogP contribution is -2.32. The van der Waals surface area contributed by atoms with E-state index in [4.69, 9.17) is 0 Å². The molecule has 10 heteroatoms. The van der Waals surface area contributed by atoms with Crippen LogP contribution in [0.25, 0.3) is 16.9 Å². The first-order valence-electron chi connectivity index (χ1n) is 10.1. The van der Waals surface area contributed by atoms with E-state index in [-0.39, 0.29) is 29.1 Å². The summed E-state index contributed by atoms with van der Waals surface area (Å²) in [7, 11) is 1.54. The van der Waals surface area contributed by atoms with Crippen LogP contribution >= 0.6 is 0 Å². The number of hydrogen-bond acceptors (Lipinski definition) is 6. The van der Waals surface area contributed by atoms with Crippen LogP contribution in [0.1, 0.15) is 33.3 Å². The van der Waals surface area contributed by atoms with Crippen molar-refractivity contribution in [1.29, 1.82) is 5.26 Å². The summed E-state index contributed by atoms with van der Waals surface area (Å²) in [6, 6.07) is 13.3. The number of nitrogens with zero attached hydrogens (tertiary/aromatic N) is 5. The van der Waals surface area contributed by atoms with Gasteiger partial charge in [-0.3, -0.25) is 14.3 Å². The third-order valence-electron chi connectivity index (χ3n) is 4.99. The predicted molar refractivity (Wildman–Crippen MR) is 121 cm³/mol. The summed E-state index contributed by atoms with van der Waals surface area (Å²) in [6.07, 6.45) is 3.94. The summed E-state index contributed by atoms with van der Waals surface area (Å²) in [4.78, 5) is 30.1. The number of aromatic nitrogens is 4. The van der Waals surface area contributed by atoms with Gasteiger partial charge in [0.15, 0.2) is 0 Å². The molecule has 1 unspecified atom stereocenters. The predicted octanol–water partition coefficient (Wildman–Crippen LogP) is 1.97. The molecule has 0 spiro atoms. The van der Waals surface area contributed by atoms with Gasteiger partial charge in [-0.2, -0.15) is 10.4 Å². The maximum Gasteiger partial charge on any atom is 0.274 e. The van der Waals surface area contributed by atoms with Crippen molar-refractivity contribution in [3.8, 4) is 17.3 Å². The number of aryl methyl sites for hydroxylation is 1. The van der Waals surface area contributed by atoms with E-state index in [1.807, 2.05) is 36.5 Å².